The minimum atomic E-state index is -0.684. The topological polar surface area (TPSA) is 67.2 Å². The van der Waals surface area contributed by atoms with Gasteiger partial charge in [0.2, 0.25) is 11.8 Å². The summed E-state index contributed by atoms with van der Waals surface area (Å²) in [6.07, 6.45) is 10.4. The molecule has 1 N–H and O–H groups in total. The molecule has 2 aliphatic rings. The van der Waals surface area contributed by atoms with Gasteiger partial charge in [-0.3, -0.25) is 14.3 Å². The Balaban J connectivity index is 1.75. The van der Waals surface area contributed by atoms with Gasteiger partial charge in [-0.05, 0) is 31.7 Å². The molecule has 1 atom stereocenters. The number of likely N-dealkylation sites (tertiary alicyclic amines) is 1. The Labute approximate surface area is 137 Å². The van der Waals surface area contributed by atoms with Gasteiger partial charge in [0.25, 0.3) is 0 Å². The molecule has 2 amide bonds. The van der Waals surface area contributed by atoms with Crippen LogP contribution in [0.4, 0.5) is 0 Å². The van der Waals surface area contributed by atoms with Crippen LogP contribution < -0.4 is 5.32 Å². The Morgan fingerprint density at radius 2 is 2.00 bits per heavy atom. The molecular formula is C17H26N4O2. The lowest BCUT2D eigenvalue weighted by Crippen LogP contribution is -2.61. The number of nitrogens with zero attached hydrogens (tertiary/aromatic N) is 3. The van der Waals surface area contributed by atoms with E-state index in [0.717, 1.165) is 51.5 Å². The summed E-state index contributed by atoms with van der Waals surface area (Å²) in [5, 5.41) is 7.31. The summed E-state index contributed by atoms with van der Waals surface area (Å²) in [6.45, 7) is 2.96. The third-order valence-electron chi connectivity index (χ3n) is 5.11. The van der Waals surface area contributed by atoms with Crippen molar-refractivity contribution in [2.24, 2.45) is 0 Å². The van der Waals surface area contributed by atoms with Crippen LogP contribution >= 0.6 is 0 Å². The van der Waals surface area contributed by atoms with Crippen molar-refractivity contribution in [2.75, 3.05) is 13.1 Å². The third-order valence-corrected chi connectivity index (χ3v) is 5.11. The number of hydrogen-bond acceptors (Lipinski definition) is 3. The molecule has 0 aromatic carbocycles. The Kier molecular flexibility index (Phi) is 4.68. The maximum absolute atomic E-state index is 13.2. The van der Waals surface area contributed by atoms with Crippen molar-refractivity contribution in [3.63, 3.8) is 0 Å². The van der Waals surface area contributed by atoms with Crippen molar-refractivity contribution in [2.45, 2.75) is 63.5 Å². The molecule has 1 saturated heterocycles. The van der Waals surface area contributed by atoms with Crippen LogP contribution in [0.5, 0.6) is 0 Å². The Morgan fingerprint density at radius 1 is 1.22 bits per heavy atom. The predicted octanol–water partition coefficient (Wildman–Crippen LogP) is 1.89. The van der Waals surface area contributed by atoms with Gasteiger partial charge in [-0.2, -0.15) is 5.10 Å². The highest BCUT2D eigenvalue weighted by Crippen LogP contribution is 2.32. The van der Waals surface area contributed by atoms with Crippen LogP contribution in [-0.4, -0.2) is 45.1 Å². The lowest BCUT2D eigenvalue weighted by molar-refractivity contribution is -0.144. The molecule has 0 radical (unpaired) electrons. The van der Waals surface area contributed by atoms with Gasteiger partial charge in [0.15, 0.2) is 0 Å². The zero-order valence-electron chi connectivity index (χ0n) is 13.8. The first kappa shape index (κ1) is 16.0. The van der Waals surface area contributed by atoms with E-state index in [0.29, 0.717) is 6.54 Å². The molecule has 1 aromatic rings. The van der Waals surface area contributed by atoms with Gasteiger partial charge in [0.05, 0.1) is 6.04 Å². The summed E-state index contributed by atoms with van der Waals surface area (Å²) in [6, 6.07) is 2.15. The molecular weight excluding hydrogens is 292 g/mol. The van der Waals surface area contributed by atoms with E-state index in [-0.39, 0.29) is 17.9 Å². The van der Waals surface area contributed by atoms with Crippen LogP contribution in [0.25, 0.3) is 0 Å². The minimum absolute atomic E-state index is 0.101. The monoisotopic (exact) mass is 318 g/mol. The first-order valence-corrected chi connectivity index (χ1v) is 8.68. The number of carbonyl (C=O) groups is 2. The summed E-state index contributed by atoms with van der Waals surface area (Å²) in [5.41, 5.74) is -0.684. The Morgan fingerprint density at radius 3 is 2.65 bits per heavy atom. The maximum Gasteiger partial charge on any atom is 0.248 e. The van der Waals surface area contributed by atoms with Gasteiger partial charge in [0.1, 0.15) is 5.54 Å². The van der Waals surface area contributed by atoms with E-state index < -0.39 is 5.54 Å². The van der Waals surface area contributed by atoms with Gasteiger partial charge in [0, 0.05) is 32.4 Å². The first-order chi connectivity index (χ1) is 11.1. The fraction of sp³-hybridized carbons (Fsp3) is 0.706. The quantitative estimate of drug-likeness (QED) is 0.925. The molecule has 0 spiro atoms. The zero-order chi connectivity index (χ0) is 16.3. The normalized spacial score (nSPS) is 24.2. The van der Waals surface area contributed by atoms with Crippen LogP contribution in [0.2, 0.25) is 0 Å². The van der Waals surface area contributed by atoms with E-state index >= 15 is 0 Å². The average Bonchev–Trinajstić information content (AvgIpc) is 3.09. The number of rotatable bonds is 3. The van der Waals surface area contributed by atoms with Crippen LogP contribution in [0.15, 0.2) is 18.5 Å². The fourth-order valence-electron chi connectivity index (χ4n) is 4.04. The molecule has 1 aromatic heterocycles. The average molecular weight is 318 g/mol. The van der Waals surface area contributed by atoms with Gasteiger partial charge in [-0.15, -0.1) is 0 Å². The van der Waals surface area contributed by atoms with Gasteiger partial charge in [-0.25, -0.2) is 0 Å². The van der Waals surface area contributed by atoms with Crippen molar-refractivity contribution >= 4 is 11.8 Å². The fourth-order valence-corrected chi connectivity index (χ4v) is 4.04. The standard InChI is InChI=1S/C17H26N4O2/c1-14(22)19-17(8-3-2-4-9-17)16(23)20-11-5-7-15(13-20)21-12-6-10-18-21/h6,10,12,15H,2-5,7-9,11,13H2,1H3,(H,19,22). The Bertz CT molecular complexity index is 549. The lowest BCUT2D eigenvalue weighted by atomic mass is 9.80. The zero-order valence-corrected chi connectivity index (χ0v) is 13.8. The summed E-state index contributed by atoms with van der Waals surface area (Å²) < 4.78 is 1.95. The number of hydrogen-bond donors (Lipinski definition) is 1. The number of carbonyl (C=O) groups excluding carboxylic acids is 2. The van der Waals surface area contributed by atoms with Gasteiger partial charge in [-0.1, -0.05) is 19.3 Å². The second kappa shape index (κ2) is 6.72. The maximum atomic E-state index is 13.2. The molecule has 6 heteroatoms. The molecule has 1 unspecified atom stereocenters. The van der Waals surface area contributed by atoms with E-state index in [9.17, 15) is 9.59 Å². The molecule has 1 saturated carbocycles. The second-order valence-corrected chi connectivity index (χ2v) is 6.86. The summed E-state index contributed by atoms with van der Waals surface area (Å²) >= 11 is 0. The predicted molar refractivity (Wildman–Crippen MR) is 86.7 cm³/mol. The van der Waals surface area contributed by atoms with Crippen LogP contribution in [0.1, 0.15) is 57.9 Å². The molecule has 6 nitrogen and oxygen atoms in total. The highest BCUT2D eigenvalue weighted by atomic mass is 16.2. The van der Waals surface area contributed by atoms with Crippen LogP contribution in [0.3, 0.4) is 0 Å². The molecule has 3 rings (SSSR count). The smallest absolute Gasteiger partial charge is 0.248 e. The molecule has 126 valence electrons. The van der Waals surface area contributed by atoms with Crippen molar-refractivity contribution in [1.29, 1.82) is 0 Å². The molecule has 1 aliphatic heterocycles. The molecule has 2 fully saturated rings. The molecule has 1 aliphatic carbocycles. The van der Waals surface area contributed by atoms with Crippen molar-refractivity contribution in [1.82, 2.24) is 20.0 Å². The highest BCUT2D eigenvalue weighted by molar-refractivity contribution is 5.91. The number of nitrogens with one attached hydrogen (secondary N) is 1. The van der Waals surface area contributed by atoms with Crippen molar-refractivity contribution < 1.29 is 9.59 Å². The van der Waals surface area contributed by atoms with Gasteiger partial charge < -0.3 is 10.2 Å². The van der Waals surface area contributed by atoms with E-state index in [1.165, 1.54) is 6.92 Å². The lowest BCUT2D eigenvalue weighted by Gasteiger charge is -2.42. The highest BCUT2D eigenvalue weighted by Gasteiger charge is 2.43. The molecule has 0 bridgehead atoms. The molecule has 2 heterocycles. The Hall–Kier alpha value is -1.85. The summed E-state index contributed by atoms with van der Waals surface area (Å²) in [7, 11) is 0. The number of piperidine rings is 1. The third kappa shape index (κ3) is 3.41. The first-order valence-electron chi connectivity index (χ1n) is 8.68. The van der Waals surface area contributed by atoms with E-state index in [4.69, 9.17) is 0 Å². The van der Waals surface area contributed by atoms with E-state index in [2.05, 4.69) is 10.4 Å². The van der Waals surface area contributed by atoms with Crippen molar-refractivity contribution in [3.8, 4) is 0 Å². The van der Waals surface area contributed by atoms with Gasteiger partial charge >= 0.3 is 0 Å². The second-order valence-electron chi connectivity index (χ2n) is 6.86. The minimum Gasteiger partial charge on any atom is -0.342 e. The molecule has 23 heavy (non-hydrogen) atoms. The number of amides is 2. The van der Waals surface area contributed by atoms with E-state index in [1.807, 2.05) is 21.8 Å². The number of aromatic nitrogens is 2. The SMILES string of the molecule is CC(=O)NC1(C(=O)N2CCCC(n3cccn3)C2)CCCCC1. The summed E-state index contributed by atoms with van der Waals surface area (Å²) in [5.74, 6) is -0.00913. The van der Waals surface area contributed by atoms with Crippen LogP contribution in [0, 0.1) is 0 Å². The van der Waals surface area contributed by atoms with E-state index in [1.54, 1.807) is 6.20 Å². The van der Waals surface area contributed by atoms with Crippen LogP contribution in [-0.2, 0) is 9.59 Å². The van der Waals surface area contributed by atoms with Crippen molar-refractivity contribution in [3.05, 3.63) is 18.5 Å². The largest absolute Gasteiger partial charge is 0.342 e. The summed E-state index contributed by atoms with van der Waals surface area (Å²) in [4.78, 5) is 26.8.